The van der Waals surface area contributed by atoms with Gasteiger partial charge < -0.3 is 10.4 Å². The molecule has 0 atom stereocenters. The van der Waals surface area contributed by atoms with Gasteiger partial charge in [-0.2, -0.15) is 0 Å². The number of aliphatic hydroxyl groups excluding tert-OH is 1. The van der Waals surface area contributed by atoms with Gasteiger partial charge >= 0.3 is 0 Å². The summed E-state index contributed by atoms with van der Waals surface area (Å²) in [6.45, 7) is 1.03. The summed E-state index contributed by atoms with van der Waals surface area (Å²) in [6.07, 6.45) is 1.52. The summed E-state index contributed by atoms with van der Waals surface area (Å²) in [5.74, 6) is 0.00851. The molecule has 0 unspecified atom stereocenters. The summed E-state index contributed by atoms with van der Waals surface area (Å²) in [5, 5.41) is 18.7. The van der Waals surface area contributed by atoms with E-state index in [1.165, 1.54) is 13.1 Å². The molecule has 1 aromatic heterocycles. The highest BCUT2D eigenvalue weighted by Gasteiger charge is 2.11. The highest BCUT2D eigenvalue weighted by Crippen LogP contribution is 2.11. The Labute approximate surface area is 81.3 Å². The fourth-order valence-electron chi connectivity index (χ4n) is 1.01. The van der Waals surface area contributed by atoms with Crippen molar-refractivity contribution in [1.82, 2.24) is 4.98 Å². The summed E-state index contributed by atoms with van der Waals surface area (Å²) >= 11 is 0. The van der Waals surface area contributed by atoms with Crippen molar-refractivity contribution in [2.45, 2.75) is 6.92 Å². The van der Waals surface area contributed by atoms with Crippen molar-refractivity contribution < 1.29 is 9.90 Å². The first kappa shape index (κ1) is 10.3. The molecular weight excluding hydrogens is 182 g/mol. The Balaban J connectivity index is 3.06. The van der Waals surface area contributed by atoms with Gasteiger partial charge in [-0.1, -0.05) is 0 Å². The number of ketones is 1. The van der Waals surface area contributed by atoms with Crippen LogP contribution in [0, 0.1) is 5.41 Å². The molecule has 5 nitrogen and oxygen atoms in total. The lowest BCUT2D eigenvalue weighted by Gasteiger charge is -2.07. The molecule has 0 amide bonds. The average Bonchev–Trinajstić information content (AvgIpc) is 2.18. The van der Waals surface area contributed by atoms with Crippen LogP contribution < -0.4 is 5.32 Å². The second-order valence-corrected chi connectivity index (χ2v) is 2.67. The number of carbonyl (C=O) groups is 1. The third kappa shape index (κ3) is 2.14. The summed E-state index contributed by atoms with van der Waals surface area (Å²) < 4.78 is 0. The number of anilines is 1. The highest BCUT2D eigenvalue weighted by atomic mass is 16.3. The van der Waals surface area contributed by atoms with E-state index in [1.807, 2.05) is 0 Å². The van der Waals surface area contributed by atoms with Gasteiger partial charge in [-0.3, -0.25) is 10.2 Å². The average molecular weight is 193 g/mol. The first-order chi connectivity index (χ1) is 6.66. The van der Waals surface area contributed by atoms with E-state index in [9.17, 15) is 4.79 Å². The molecule has 0 spiro atoms. The molecule has 0 bridgehead atoms. The van der Waals surface area contributed by atoms with Crippen molar-refractivity contribution in [2.75, 3.05) is 12.0 Å². The van der Waals surface area contributed by atoms with Crippen molar-refractivity contribution in [1.29, 1.82) is 5.41 Å². The zero-order valence-electron chi connectivity index (χ0n) is 7.74. The summed E-state index contributed by atoms with van der Waals surface area (Å²) in [7, 11) is 0. The number of rotatable bonds is 4. The highest BCUT2D eigenvalue weighted by molar-refractivity contribution is 6.45. The number of hydrogen-bond donors (Lipinski definition) is 3. The molecule has 1 heterocycles. The number of Topliss-reactive ketones (excluding diaryl/α,β-unsaturated/α-hetero) is 1. The SMILES string of the molecule is CC(=O)C(=N)c1cccnc1NCO. The predicted molar refractivity (Wildman–Crippen MR) is 52.5 cm³/mol. The molecule has 1 rings (SSSR count). The molecule has 0 aromatic carbocycles. The minimum absolute atomic E-state index is 0.117. The van der Waals surface area contributed by atoms with Crippen molar-refractivity contribution in [3.8, 4) is 0 Å². The van der Waals surface area contributed by atoms with E-state index >= 15 is 0 Å². The van der Waals surface area contributed by atoms with Crippen LogP contribution in [0.5, 0.6) is 0 Å². The summed E-state index contributed by atoms with van der Waals surface area (Å²) in [6, 6.07) is 3.24. The number of nitrogens with zero attached hydrogens (tertiary/aromatic N) is 1. The van der Waals surface area contributed by atoms with Crippen LogP contribution in [0.3, 0.4) is 0 Å². The van der Waals surface area contributed by atoms with Crippen LogP contribution >= 0.6 is 0 Å². The third-order valence-corrected chi connectivity index (χ3v) is 1.68. The van der Waals surface area contributed by atoms with Gasteiger partial charge in [0.15, 0.2) is 5.78 Å². The second kappa shape index (κ2) is 4.48. The molecule has 0 fully saturated rings. The monoisotopic (exact) mass is 193 g/mol. The molecule has 0 saturated carbocycles. The van der Waals surface area contributed by atoms with Crippen LogP contribution in [0.25, 0.3) is 0 Å². The van der Waals surface area contributed by atoms with Gasteiger partial charge in [0.25, 0.3) is 0 Å². The molecule has 0 radical (unpaired) electrons. The first-order valence-electron chi connectivity index (χ1n) is 4.06. The fourth-order valence-corrected chi connectivity index (χ4v) is 1.01. The largest absolute Gasteiger partial charge is 0.377 e. The topological polar surface area (TPSA) is 86.1 Å². The molecule has 0 saturated heterocycles. The number of carbonyl (C=O) groups excluding carboxylic acids is 1. The third-order valence-electron chi connectivity index (χ3n) is 1.68. The predicted octanol–water partition coefficient (Wildman–Crippen LogP) is 0.400. The van der Waals surface area contributed by atoms with E-state index in [-0.39, 0.29) is 18.2 Å². The Morgan fingerprint density at radius 2 is 2.43 bits per heavy atom. The van der Waals surface area contributed by atoms with Gasteiger partial charge in [0.1, 0.15) is 18.3 Å². The Kier molecular flexibility index (Phi) is 3.30. The maximum Gasteiger partial charge on any atom is 0.178 e. The summed E-state index contributed by atoms with van der Waals surface area (Å²) in [4.78, 5) is 14.9. The van der Waals surface area contributed by atoms with Crippen molar-refractivity contribution in [3.63, 3.8) is 0 Å². The van der Waals surface area contributed by atoms with Gasteiger partial charge in [-0.25, -0.2) is 4.98 Å². The number of nitrogens with one attached hydrogen (secondary N) is 2. The molecule has 3 N–H and O–H groups in total. The minimum Gasteiger partial charge on any atom is -0.377 e. The van der Waals surface area contributed by atoms with E-state index in [4.69, 9.17) is 10.5 Å². The van der Waals surface area contributed by atoms with E-state index < -0.39 is 0 Å². The first-order valence-corrected chi connectivity index (χ1v) is 4.06. The Bertz CT molecular complexity index is 363. The van der Waals surface area contributed by atoms with Gasteiger partial charge in [-0.05, 0) is 12.1 Å². The Morgan fingerprint density at radius 3 is 3.00 bits per heavy atom. The van der Waals surface area contributed by atoms with Gasteiger partial charge in [0.2, 0.25) is 0 Å². The molecule has 74 valence electrons. The fraction of sp³-hybridized carbons (Fsp3) is 0.222. The smallest absolute Gasteiger partial charge is 0.178 e. The van der Waals surface area contributed by atoms with Crippen molar-refractivity contribution >= 4 is 17.3 Å². The van der Waals surface area contributed by atoms with Crippen LogP contribution in [-0.2, 0) is 4.79 Å². The standard InChI is InChI=1S/C9H11N3O2/c1-6(14)8(10)7-3-2-4-11-9(7)12-5-13/h2-4,10,13H,5H2,1H3,(H,11,12). The van der Waals surface area contributed by atoms with E-state index in [1.54, 1.807) is 12.1 Å². The number of pyridine rings is 1. The van der Waals surface area contributed by atoms with Crippen molar-refractivity contribution in [3.05, 3.63) is 23.9 Å². The molecule has 14 heavy (non-hydrogen) atoms. The molecule has 0 aliphatic carbocycles. The zero-order valence-corrected chi connectivity index (χ0v) is 7.74. The van der Waals surface area contributed by atoms with Crippen LogP contribution in [-0.4, -0.2) is 28.3 Å². The molecule has 0 aliphatic rings. The van der Waals surface area contributed by atoms with Gasteiger partial charge in [-0.15, -0.1) is 0 Å². The molecule has 0 aliphatic heterocycles. The zero-order chi connectivity index (χ0) is 10.6. The Hall–Kier alpha value is -1.75. The van der Waals surface area contributed by atoms with Gasteiger partial charge in [0, 0.05) is 18.7 Å². The quantitative estimate of drug-likeness (QED) is 0.477. The maximum absolute atomic E-state index is 11.0. The minimum atomic E-state index is -0.334. The lowest BCUT2D eigenvalue weighted by Crippen LogP contribution is -2.14. The van der Waals surface area contributed by atoms with E-state index in [0.29, 0.717) is 11.4 Å². The number of aliphatic hydroxyl groups is 1. The molecule has 5 heteroatoms. The normalized spacial score (nSPS) is 9.57. The van der Waals surface area contributed by atoms with Gasteiger partial charge in [0.05, 0.1) is 0 Å². The van der Waals surface area contributed by atoms with Crippen LogP contribution in [0.15, 0.2) is 18.3 Å². The number of aromatic nitrogens is 1. The molecular formula is C9H11N3O2. The van der Waals surface area contributed by atoms with Crippen LogP contribution in [0.1, 0.15) is 12.5 Å². The van der Waals surface area contributed by atoms with Crippen LogP contribution in [0.2, 0.25) is 0 Å². The lowest BCUT2D eigenvalue weighted by atomic mass is 10.1. The lowest BCUT2D eigenvalue weighted by molar-refractivity contribution is -0.111. The summed E-state index contributed by atoms with van der Waals surface area (Å²) in [5.41, 5.74) is 0.281. The van der Waals surface area contributed by atoms with E-state index in [0.717, 1.165) is 0 Å². The second-order valence-electron chi connectivity index (χ2n) is 2.67. The number of hydrogen-bond acceptors (Lipinski definition) is 5. The van der Waals surface area contributed by atoms with E-state index in [2.05, 4.69) is 10.3 Å². The van der Waals surface area contributed by atoms with Crippen LogP contribution in [0.4, 0.5) is 5.82 Å². The maximum atomic E-state index is 11.0. The van der Waals surface area contributed by atoms with Crippen molar-refractivity contribution in [2.24, 2.45) is 0 Å². The molecule has 1 aromatic rings. The Morgan fingerprint density at radius 1 is 1.71 bits per heavy atom.